The molecule has 0 radical (unpaired) electrons. The molecule has 3 N–H and O–H groups in total. The fourth-order valence-corrected chi connectivity index (χ4v) is 3.49. The Morgan fingerprint density at radius 1 is 1.32 bits per heavy atom. The number of halogens is 2. The van der Waals surface area contributed by atoms with Crippen LogP contribution in [0.2, 0.25) is 0 Å². The van der Waals surface area contributed by atoms with E-state index < -0.39 is 0 Å². The molecule has 1 unspecified atom stereocenters. The number of rotatable bonds is 6. The third kappa shape index (κ3) is 8.98. The molecule has 1 atom stereocenters. The second-order valence-electron chi connectivity index (χ2n) is 7.95. The molecular weight excluding hydrogens is 533 g/mol. The number of nitrogens with one attached hydrogen (secondary N) is 3. The largest absolute Gasteiger partial charge is 0.371 e. The molecule has 2 rings (SSSR count). The fraction of sp³-hybridized carbons (Fsp3) is 0.600. The molecule has 28 heavy (non-hydrogen) atoms. The Bertz CT molecular complexity index is 662. The Kier molecular flexibility index (Phi) is 10.6. The van der Waals surface area contributed by atoms with Crippen molar-refractivity contribution in [2.75, 3.05) is 37.6 Å². The van der Waals surface area contributed by atoms with Gasteiger partial charge in [0.1, 0.15) is 6.54 Å². The van der Waals surface area contributed by atoms with Crippen molar-refractivity contribution in [2.45, 2.75) is 39.7 Å². The molecule has 1 aliphatic heterocycles. The number of aliphatic imine (C=N–C) groups is 1. The second kappa shape index (κ2) is 11.8. The van der Waals surface area contributed by atoms with Gasteiger partial charge in [0.15, 0.2) is 5.96 Å². The molecule has 0 spiro atoms. The van der Waals surface area contributed by atoms with Crippen LogP contribution in [0.5, 0.6) is 0 Å². The minimum absolute atomic E-state index is 0. The monoisotopic (exact) mass is 565 g/mol. The van der Waals surface area contributed by atoms with Crippen LogP contribution >= 0.6 is 39.9 Å². The number of nitrogens with zero attached hydrogens (tertiary/aromatic N) is 2. The van der Waals surface area contributed by atoms with Crippen molar-refractivity contribution in [1.82, 2.24) is 16.0 Å². The van der Waals surface area contributed by atoms with Gasteiger partial charge in [0.25, 0.3) is 0 Å². The first-order valence-electron chi connectivity index (χ1n) is 9.60. The van der Waals surface area contributed by atoms with Crippen molar-refractivity contribution in [3.05, 3.63) is 28.7 Å². The summed E-state index contributed by atoms with van der Waals surface area (Å²) in [6.45, 7) is 11.7. The number of guanidine groups is 1. The van der Waals surface area contributed by atoms with E-state index in [2.05, 4.69) is 60.0 Å². The molecule has 158 valence electrons. The van der Waals surface area contributed by atoms with E-state index >= 15 is 0 Å². The lowest BCUT2D eigenvalue weighted by molar-refractivity contribution is -0.121. The van der Waals surface area contributed by atoms with Crippen LogP contribution in [-0.4, -0.2) is 50.1 Å². The summed E-state index contributed by atoms with van der Waals surface area (Å²) >= 11 is 3.54. The molecule has 1 heterocycles. The van der Waals surface area contributed by atoms with E-state index in [1.165, 1.54) is 5.69 Å². The molecule has 0 bridgehead atoms. The highest BCUT2D eigenvalue weighted by molar-refractivity contribution is 14.0. The van der Waals surface area contributed by atoms with Gasteiger partial charge in [-0.25, -0.2) is 4.99 Å². The molecule has 8 heteroatoms. The summed E-state index contributed by atoms with van der Waals surface area (Å²) in [4.78, 5) is 18.8. The van der Waals surface area contributed by atoms with Crippen molar-refractivity contribution >= 4 is 57.5 Å². The molecule has 0 aliphatic carbocycles. The highest BCUT2D eigenvalue weighted by atomic mass is 127. The average molecular weight is 566 g/mol. The number of anilines is 1. The van der Waals surface area contributed by atoms with Gasteiger partial charge in [-0.3, -0.25) is 4.79 Å². The zero-order valence-corrected chi connectivity index (χ0v) is 21.1. The molecule has 1 fully saturated rings. The smallest absolute Gasteiger partial charge is 0.242 e. The van der Waals surface area contributed by atoms with Gasteiger partial charge in [-0.05, 0) is 58.2 Å². The van der Waals surface area contributed by atoms with Crippen LogP contribution in [0.25, 0.3) is 0 Å². The van der Waals surface area contributed by atoms with Crippen LogP contribution in [0.3, 0.4) is 0 Å². The summed E-state index contributed by atoms with van der Waals surface area (Å²) < 4.78 is 1.11. The maximum atomic E-state index is 12.0. The first kappa shape index (κ1) is 25.0. The van der Waals surface area contributed by atoms with Crippen molar-refractivity contribution in [2.24, 2.45) is 10.9 Å². The van der Waals surface area contributed by atoms with Crippen molar-refractivity contribution < 1.29 is 4.79 Å². The quantitative estimate of drug-likeness (QED) is 0.281. The van der Waals surface area contributed by atoms with Crippen LogP contribution in [0, 0.1) is 5.92 Å². The van der Waals surface area contributed by atoms with Gasteiger partial charge in [-0.15, -0.1) is 24.0 Å². The van der Waals surface area contributed by atoms with E-state index in [1.807, 2.05) is 33.8 Å². The summed E-state index contributed by atoms with van der Waals surface area (Å²) in [5, 5.41) is 9.53. The van der Waals surface area contributed by atoms with Gasteiger partial charge in [0, 0.05) is 41.9 Å². The Morgan fingerprint density at radius 3 is 2.71 bits per heavy atom. The highest BCUT2D eigenvalue weighted by Gasteiger charge is 2.23. The van der Waals surface area contributed by atoms with Crippen molar-refractivity contribution in [3.8, 4) is 0 Å². The van der Waals surface area contributed by atoms with Crippen molar-refractivity contribution in [1.29, 1.82) is 0 Å². The predicted molar refractivity (Wildman–Crippen MR) is 132 cm³/mol. The summed E-state index contributed by atoms with van der Waals surface area (Å²) in [5.74, 6) is 1.18. The van der Waals surface area contributed by atoms with Gasteiger partial charge in [0.05, 0.1) is 0 Å². The van der Waals surface area contributed by atoms with Crippen LogP contribution < -0.4 is 20.9 Å². The van der Waals surface area contributed by atoms with E-state index in [1.54, 1.807) is 0 Å². The van der Waals surface area contributed by atoms with Gasteiger partial charge < -0.3 is 20.9 Å². The van der Waals surface area contributed by atoms with E-state index in [4.69, 9.17) is 0 Å². The minimum atomic E-state index is -0.238. The summed E-state index contributed by atoms with van der Waals surface area (Å²) in [6.07, 6.45) is 1.14. The second-order valence-corrected chi connectivity index (χ2v) is 8.87. The number of hydrogen-bond acceptors (Lipinski definition) is 3. The lowest BCUT2D eigenvalue weighted by Gasteiger charge is -2.20. The highest BCUT2D eigenvalue weighted by Crippen LogP contribution is 2.25. The topological polar surface area (TPSA) is 68.8 Å². The normalized spacial score (nSPS) is 17.1. The zero-order chi connectivity index (χ0) is 19.9. The van der Waals surface area contributed by atoms with Gasteiger partial charge in [-0.1, -0.05) is 22.0 Å². The maximum Gasteiger partial charge on any atom is 0.242 e. The standard InChI is InChI=1S/C20H32BrN5O.HI/c1-5-22-19(24-13-18(27)25-20(2,3)4)23-12-15-9-10-26(14-15)17-8-6-7-16(21)11-17;/h6-8,11,15H,5,9-10,12-14H2,1-4H3,(H,25,27)(H2,22,23,24);1H. The molecule has 1 amide bonds. The first-order chi connectivity index (χ1) is 12.8. The van der Waals surface area contributed by atoms with Gasteiger partial charge in [0.2, 0.25) is 5.91 Å². The molecule has 1 saturated heterocycles. The lowest BCUT2D eigenvalue weighted by atomic mass is 10.1. The molecule has 1 aromatic rings. The summed E-state index contributed by atoms with van der Waals surface area (Å²) in [5.41, 5.74) is 1.02. The molecule has 6 nitrogen and oxygen atoms in total. The van der Waals surface area contributed by atoms with Crippen molar-refractivity contribution in [3.63, 3.8) is 0 Å². The zero-order valence-electron chi connectivity index (χ0n) is 17.2. The van der Waals surface area contributed by atoms with E-state index in [-0.39, 0.29) is 42.0 Å². The molecule has 1 aliphatic rings. The van der Waals surface area contributed by atoms with Crippen LogP contribution in [0.4, 0.5) is 5.69 Å². The molecule has 0 aromatic heterocycles. The molecule has 1 aromatic carbocycles. The van der Waals surface area contributed by atoms with Crippen LogP contribution in [-0.2, 0) is 4.79 Å². The average Bonchev–Trinajstić information content (AvgIpc) is 3.05. The Balaban J connectivity index is 0.00000392. The Morgan fingerprint density at radius 2 is 2.07 bits per heavy atom. The molecular formula is C20H33BrIN5O. The number of amides is 1. The Labute approximate surface area is 194 Å². The third-order valence-electron chi connectivity index (χ3n) is 4.26. The predicted octanol–water partition coefficient (Wildman–Crippen LogP) is 3.36. The molecule has 0 saturated carbocycles. The lowest BCUT2D eigenvalue weighted by Crippen LogP contribution is -2.44. The number of carbonyl (C=O) groups is 1. The first-order valence-corrected chi connectivity index (χ1v) is 10.4. The number of hydrogen-bond donors (Lipinski definition) is 3. The van der Waals surface area contributed by atoms with Gasteiger partial charge in [-0.2, -0.15) is 0 Å². The fourth-order valence-electron chi connectivity index (χ4n) is 3.10. The maximum absolute atomic E-state index is 12.0. The minimum Gasteiger partial charge on any atom is -0.371 e. The van der Waals surface area contributed by atoms with E-state index in [0.717, 1.165) is 37.1 Å². The van der Waals surface area contributed by atoms with E-state index in [9.17, 15) is 4.79 Å². The number of carbonyl (C=O) groups excluding carboxylic acids is 1. The summed E-state index contributed by atoms with van der Waals surface area (Å²) in [6, 6.07) is 8.44. The summed E-state index contributed by atoms with van der Waals surface area (Å²) in [7, 11) is 0. The van der Waals surface area contributed by atoms with Crippen LogP contribution in [0.15, 0.2) is 33.7 Å². The third-order valence-corrected chi connectivity index (χ3v) is 4.75. The van der Waals surface area contributed by atoms with Gasteiger partial charge >= 0.3 is 0 Å². The number of benzene rings is 1. The SMILES string of the molecule is CCNC(=NCC(=O)NC(C)(C)C)NCC1CCN(c2cccc(Br)c2)C1.I. The van der Waals surface area contributed by atoms with Crippen LogP contribution in [0.1, 0.15) is 34.1 Å². The Hall–Kier alpha value is -1.03. The van der Waals surface area contributed by atoms with E-state index in [0.29, 0.717) is 11.9 Å².